The maximum absolute atomic E-state index is 12.4. The van der Waals surface area contributed by atoms with Crippen LogP contribution in [0.4, 0.5) is 5.69 Å². The molecule has 0 aliphatic carbocycles. The zero-order chi connectivity index (χ0) is 14.7. The van der Waals surface area contributed by atoms with Crippen LogP contribution in [0.3, 0.4) is 0 Å². The number of carboxylic acid groups (broad SMARTS) is 1. The van der Waals surface area contributed by atoms with Crippen molar-refractivity contribution in [3.05, 3.63) is 23.8 Å². The largest absolute Gasteiger partial charge is 0.496 e. The molecule has 0 unspecified atom stereocenters. The molecule has 6 nitrogen and oxygen atoms in total. The fraction of sp³-hybridized carbons (Fsp3) is 0.429. The number of hydrogen-bond donors (Lipinski definition) is 2. The average Bonchev–Trinajstić information content (AvgIpc) is 2.46. The molecule has 1 saturated heterocycles. The van der Waals surface area contributed by atoms with E-state index in [2.05, 4.69) is 0 Å². The lowest BCUT2D eigenvalue weighted by atomic mass is 9.96. The second-order valence-corrected chi connectivity index (χ2v) is 4.86. The van der Waals surface area contributed by atoms with Crippen molar-refractivity contribution in [2.24, 2.45) is 5.92 Å². The van der Waals surface area contributed by atoms with E-state index in [9.17, 15) is 9.59 Å². The number of piperidine rings is 1. The number of likely N-dealkylation sites (tertiary alicyclic amines) is 1. The van der Waals surface area contributed by atoms with Crippen LogP contribution in [0.1, 0.15) is 23.2 Å². The van der Waals surface area contributed by atoms with E-state index in [-0.39, 0.29) is 11.8 Å². The summed E-state index contributed by atoms with van der Waals surface area (Å²) in [4.78, 5) is 25.0. The zero-order valence-corrected chi connectivity index (χ0v) is 11.3. The lowest BCUT2D eigenvalue weighted by Gasteiger charge is -2.30. The van der Waals surface area contributed by atoms with Crippen LogP contribution in [-0.2, 0) is 4.79 Å². The van der Waals surface area contributed by atoms with Crippen LogP contribution in [0.5, 0.6) is 5.75 Å². The Hall–Kier alpha value is -2.24. The van der Waals surface area contributed by atoms with Crippen molar-refractivity contribution >= 4 is 17.6 Å². The van der Waals surface area contributed by atoms with Crippen molar-refractivity contribution in [1.82, 2.24) is 4.90 Å². The normalized spacial score (nSPS) is 15.9. The number of nitrogens with two attached hydrogens (primary N) is 1. The Labute approximate surface area is 117 Å². The van der Waals surface area contributed by atoms with Crippen LogP contribution in [-0.4, -0.2) is 42.1 Å². The summed E-state index contributed by atoms with van der Waals surface area (Å²) in [5.74, 6) is -0.851. The van der Waals surface area contributed by atoms with E-state index in [1.807, 2.05) is 0 Å². The van der Waals surface area contributed by atoms with Crippen molar-refractivity contribution < 1.29 is 19.4 Å². The van der Waals surface area contributed by atoms with Gasteiger partial charge in [0.15, 0.2) is 0 Å². The van der Waals surface area contributed by atoms with Crippen LogP contribution in [0, 0.1) is 5.92 Å². The number of rotatable bonds is 3. The van der Waals surface area contributed by atoms with Crippen molar-refractivity contribution in [1.29, 1.82) is 0 Å². The van der Waals surface area contributed by atoms with Gasteiger partial charge in [-0.3, -0.25) is 9.59 Å². The van der Waals surface area contributed by atoms with Gasteiger partial charge in [0, 0.05) is 24.8 Å². The van der Waals surface area contributed by atoms with Crippen molar-refractivity contribution in [3.8, 4) is 5.75 Å². The summed E-state index contributed by atoms with van der Waals surface area (Å²) in [5, 5.41) is 8.96. The topological polar surface area (TPSA) is 92.9 Å². The van der Waals surface area contributed by atoms with Gasteiger partial charge in [-0.05, 0) is 25.0 Å². The number of anilines is 1. The SMILES string of the molecule is COc1cc(N)ccc1C(=O)N1CCC(C(=O)O)CC1. The molecule has 6 heteroatoms. The Bertz CT molecular complexity index is 522. The number of hydrogen-bond acceptors (Lipinski definition) is 4. The third-order valence-electron chi connectivity index (χ3n) is 3.59. The average molecular weight is 278 g/mol. The van der Waals surface area contributed by atoms with Crippen molar-refractivity contribution in [2.75, 3.05) is 25.9 Å². The van der Waals surface area contributed by atoms with E-state index < -0.39 is 5.97 Å². The highest BCUT2D eigenvalue weighted by Gasteiger charge is 2.28. The van der Waals surface area contributed by atoms with E-state index in [0.717, 1.165) is 0 Å². The number of benzene rings is 1. The summed E-state index contributed by atoms with van der Waals surface area (Å²) in [6.07, 6.45) is 0.969. The number of carbonyl (C=O) groups is 2. The fourth-order valence-corrected chi connectivity index (χ4v) is 2.38. The first kappa shape index (κ1) is 14.2. The summed E-state index contributed by atoms with van der Waals surface area (Å²) < 4.78 is 5.18. The van der Waals surface area contributed by atoms with E-state index in [1.54, 1.807) is 23.1 Å². The van der Waals surface area contributed by atoms with Gasteiger partial charge in [0.1, 0.15) is 5.75 Å². The van der Waals surface area contributed by atoms with Gasteiger partial charge in [-0.2, -0.15) is 0 Å². The number of amides is 1. The predicted molar refractivity (Wildman–Crippen MR) is 73.7 cm³/mol. The van der Waals surface area contributed by atoms with Crippen molar-refractivity contribution in [2.45, 2.75) is 12.8 Å². The predicted octanol–water partition coefficient (Wildman–Crippen LogP) is 1.21. The number of ether oxygens (including phenoxy) is 1. The molecule has 0 saturated carbocycles. The first-order valence-electron chi connectivity index (χ1n) is 6.48. The lowest BCUT2D eigenvalue weighted by molar-refractivity contribution is -0.143. The highest BCUT2D eigenvalue weighted by atomic mass is 16.5. The van der Waals surface area contributed by atoms with Crippen LogP contribution in [0.2, 0.25) is 0 Å². The molecule has 1 aliphatic rings. The molecule has 0 bridgehead atoms. The maximum atomic E-state index is 12.4. The molecule has 2 rings (SSSR count). The molecule has 0 spiro atoms. The Morgan fingerprint density at radius 1 is 1.35 bits per heavy atom. The maximum Gasteiger partial charge on any atom is 0.306 e. The van der Waals surface area contributed by atoms with Gasteiger partial charge >= 0.3 is 5.97 Å². The number of carbonyl (C=O) groups excluding carboxylic acids is 1. The van der Waals surface area contributed by atoms with Gasteiger partial charge in [-0.1, -0.05) is 0 Å². The fourth-order valence-electron chi connectivity index (χ4n) is 2.38. The number of nitrogens with zero attached hydrogens (tertiary/aromatic N) is 1. The molecule has 1 aromatic carbocycles. The molecular weight excluding hydrogens is 260 g/mol. The van der Waals surface area contributed by atoms with Gasteiger partial charge < -0.3 is 20.5 Å². The Morgan fingerprint density at radius 3 is 2.55 bits per heavy atom. The van der Waals surface area contributed by atoms with E-state index in [4.69, 9.17) is 15.6 Å². The lowest BCUT2D eigenvalue weighted by Crippen LogP contribution is -2.40. The molecule has 1 aliphatic heterocycles. The molecule has 1 aromatic rings. The van der Waals surface area contributed by atoms with E-state index in [0.29, 0.717) is 42.9 Å². The summed E-state index contributed by atoms with van der Waals surface area (Å²) in [7, 11) is 1.49. The Morgan fingerprint density at radius 2 is 2.00 bits per heavy atom. The molecular formula is C14H18N2O4. The second-order valence-electron chi connectivity index (χ2n) is 4.86. The molecule has 0 aromatic heterocycles. The van der Waals surface area contributed by atoms with Gasteiger partial charge in [-0.15, -0.1) is 0 Å². The monoisotopic (exact) mass is 278 g/mol. The molecule has 0 atom stereocenters. The molecule has 1 fully saturated rings. The molecule has 1 heterocycles. The Kier molecular flexibility index (Phi) is 4.12. The zero-order valence-electron chi connectivity index (χ0n) is 11.3. The van der Waals surface area contributed by atoms with Crippen LogP contribution in [0.25, 0.3) is 0 Å². The molecule has 3 N–H and O–H groups in total. The van der Waals surface area contributed by atoms with Gasteiger partial charge in [0.2, 0.25) is 0 Å². The van der Waals surface area contributed by atoms with Gasteiger partial charge in [0.05, 0.1) is 18.6 Å². The summed E-state index contributed by atoms with van der Waals surface area (Å²) >= 11 is 0. The minimum Gasteiger partial charge on any atom is -0.496 e. The number of carboxylic acids is 1. The van der Waals surface area contributed by atoms with Crippen molar-refractivity contribution in [3.63, 3.8) is 0 Å². The van der Waals surface area contributed by atoms with Crippen LogP contribution in [0.15, 0.2) is 18.2 Å². The third-order valence-corrected chi connectivity index (χ3v) is 3.59. The summed E-state index contributed by atoms with van der Waals surface area (Å²) in [6, 6.07) is 4.90. The molecule has 0 radical (unpaired) electrons. The Balaban J connectivity index is 2.11. The first-order valence-corrected chi connectivity index (χ1v) is 6.48. The van der Waals surface area contributed by atoms with Gasteiger partial charge in [-0.25, -0.2) is 0 Å². The van der Waals surface area contributed by atoms with Crippen LogP contribution < -0.4 is 10.5 Å². The van der Waals surface area contributed by atoms with Crippen LogP contribution >= 0.6 is 0 Å². The minimum absolute atomic E-state index is 0.148. The molecule has 20 heavy (non-hydrogen) atoms. The standard InChI is InChI=1S/C14H18N2O4/c1-20-12-8-10(15)2-3-11(12)13(17)16-6-4-9(5-7-16)14(18)19/h2-3,8-9H,4-7,15H2,1H3,(H,18,19). The second kappa shape index (κ2) is 5.81. The quantitative estimate of drug-likeness (QED) is 0.811. The van der Waals surface area contributed by atoms with E-state index in [1.165, 1.54) is 7.11 Å². The number of nitrogen functional groups attached to an aromatic ring is 1. The number of aliphatic carboxylic acids is 1. The van der Waals surface area contributed by atoms with E-state index >= 15 is 0 Å². The number of methoxy groups -OCH3 is 1. The summed E-state index contributed by atoms with van der Waals surface area (Å²) in [5.41, 5.74) is 6.65. The molecule has 1 amide bonds. The highest BCUT2D eigenvalue weighted by molar-refractivity contribution is 5.97. The first-order chi connectivity index (χ1) is 9.52. The summed E-state index contributed by atoms with van der Waals surface area (Å²) in [6.45, 7) is 0.895. The third kappa shape index (κ3) is 2.84. The molecule has 108 valence electrons. The van der Waals surface area contributed by atoms with Gasteiger partial charge in [0.25, 0.3) is 5.91 Å². The smallest absolute Gasteiger partial charge is 0.306 e. The minimum atomic E-state index is -0.790. The highest BCUT2D eigenvalue weighted by Crippen LogP contribution is 2.25.